The smallest absolute Gasteiger partial charge is 0.229 e. The summed E-state index contributed by atoms with van der Waals surface area (Å²) in [5.41, 5.74) is 9.77. The highest BCUT2D eigenvalue weighted by Gasteiger charge is 2.26. The second-order valence-electron chi connectivity index (χ2n) is 10.6. The van der Waals surface area contributed by atoms with Gasteiger partial charge in [0.2, 0.25) is 10.0 Å². The highest BCUT2D eigenvalue weighted by molar-refractivity contribution is 7.92. The molecule has 0 aliphatic carbocycles. The molecule has 14 nitrogen and oxygen atoms in total. The maximum absolute atomic E-state index is 11.8. The second kappa shape index (κ2) is 9.85. The molecule has 6 rings (SSSR count). The van der Waals surface area contributed by atoms with E-state index in [1.807, 2.05) is 23.7 Å². The molecule has 214 valence electrons. The number of fused-ring (bicyclic) bond motifs is 2. The van der Waals surface area contributed by atoms with Gasteiger partial charge in [0.1, 0.15) is 35.7 Å². The zero-order chi connectivity index (χ0) is 29.1. The van der Waals surface area contributed by atoms with Gasteiger partial charge in [0.15, 0.2) is 17.3 Å². The lowest BCUT2D eigenvalue weighted by Gasteiger charge is -2.37. The Kier molecular flexibility index (Phi) is 6.42. The fraction of sp³-hybridized carbons (Fsp3) is 0.346. The summed E-state index contributed by atoms with van der Waals surface area (Å²) in [6.45, 7) is 8.16. The third-order valence-corrected chi connectivity index (χ3v) is 7.55. The van der Waals surface area contributed by atoms with E-state index < -0.39 is 10.0 Å². The van der Waals surface area contributed by atoms with Gasteiger partial charge in [-0.15, -0.1) is 0 Å². The molecule has 0 unspecified atom stereocenters. The van der Waals surface area contributed by atoms with Crippen LogP contribution in [-0.4, -0.2) is 79.3 Å². The summed E-state index contributed by atoms with van der Waals surface area (Å²) in [4.78, 5) is 15.9. The first kappa shape index (κ1) is 26.7. The van der Waals surface area contributed by atoms with E-state index in [9.17, 15) is 13.5 Å². The number of nitrogens with two attached hydrogens (primary N) is 1. The maximum Gasteiger partial charge on any atom is 0.229 e. The van der Waals surface area contributed by atoms with Crippen molar-refractivity contribution in [2.24, 2.45) is 0 Å². The summed E-state index contributed by atoms with van der Waals surface area (Å²) < 4.78 is 29.5. The van der Waals surface area contributed by atoms with E-state index in [2.05, 4.69) is 38.8 Å². The summed E-state index contributed by atoms with van der Waals surface area (Å²) in [5.74, 6) is 1.42. The molecule has 0 saturated carbocycles. The third-order valence-electron chi connectivity index (χ3n) is 6.94. The van der Waals surface area contributed by atoms with Crippen LogP contribution in [0, 0.1) is 6.92 Å². The van der Waals surface area contributed by atoms with Crippen LogP contribution in [0.2, 0.25) is 0 Å². The summed E-state index contributed by atoms with van der Waals surface area (Å²) in [6.07, 6.45) is 4.31. The lowest BCUT2D eigenvalue weighted by Crippen LogP contribution is -2.54. The van der Waals surface area contributed by atoms with Crippen molar-refractivity contribution in [3.05, 3.63) is 48.2 Å². The number of nitrogens with one attached hydrogen (secondary N) is 2. The number of hydrogen-bond donors (Lipinski definition) is 4. The van der Waals surface area contributed by atoms with E-state index in [1.54, 1.807) is 10.7 Å². The number of nitrogens with zero attached hydrogens (tertiary/aromatic N) is 8. The van der Waals surface area contributed by atoms with E-state index in [-0.39, 0.29) is 23.8 Å². The molecule has 1 fully saturated rings. The number of nitrogen functional groups attached to an aromatic ring is 1. The van der Waals surface area contributed by atoms with Gasteiger partial charge in [-0.2, -0.15) is 10.2 Å². The molecule has 2 atom stereocenters. The minimum Gasteiger partial charge on any atom is -0.508 e. The largest absolute Gasteiger partial charge is 0.508 e. The van der Waals surface area contributed by atoms with Gasteiger partial charge in [0.25, 0.3) is 0 Å². The van der Waals surface area contributed by atoms with Crippen LogP contribution in [0.25, 0.3) is 27.8 Å². The Hall–Kier alpha value is -4.50. The lowest BCUT2D eigenvalue weighted by molar-refractivity contribution is 0.405. The van der Waals surface area contributed by atoms with Crippen molar-refractivity contribution >= 4 is 43.9 Å². The average molecular weight is 578 g/mol. The standard InChI is InChI=1S/C26H31N11O3S/c1-14-5-6-36-23(14)26(35-10-15(2)30-16(3)11-35)31-20(32-36)12-37-25-21(24(27)28-13-29-25)22(33-37)17-7-18(9-19(38)8-17)34-41(4,39)40/h5-9,13,15-16,30,34,38H,10-12H2,1-4H3,(H2,27,28,29)/t15-,16+. The van der Waals surface area contributed by atoms with Crippen LogP contribution in [0.4, 0.5) is 17.3 Å². The Morgan fingerprint density at radius 3 is 2.63 bits per heavy atom. The molecule has 1 saturated heterocycles. The molecule has 1 aliphatic rings. The van der Waals surface area contributed by atoms with Crippen LogP contribution >= 0.6 is 0 Å². The van der Waals surface area contributed by atoms with Gasteiger partial charge in [-0.05, 0) is 44.5 Å². The fourth-order valence-corrected chi connectivity index (χ4v) is 6.03. The zero-order valence-corrected chi connectivity index (χ0v) is 23.9. The number of piperazine rings is 1. The predicted octanol–water partition coefficient (Wildman–Crippen LogP) is 1.74. The molecular formula is C26H31N11O3S. The van der Waals surface area contributed by atoms with Gasteiger partial charge in [-0.1, -0.05) is 0 Å². The Morgan fingerprint density at radius 1 is 1.15 bits per heavy atom. The normalized spacial score (nSPS) is 17.9. The van der Waals surface area contributed by atoms with E-state index in [0.717, 1.165) is 36.2 Å². The van der Waals surface area contributed by atoms with Gasteiger partial charge in [0, 0.05) is 43.0 Å². The molecule has 1 aromatic carbocycles. The first-order valence-corrected chi connectivity index (χ1v) is 15.0. The first-order chi connectivity index (χ1) is 19.4. The predicted molar refractivity (Wildman–Crippen MR) is 156 cm³/mol. The highest BCUT2D eigenvalue weighted by atomic mass is 32.2. The van der Waals surface area contributed by atoms with Crippen LogP contribution in [0.5, 0.6) is 5.75 Å². The van der Waals surface area contributed by atoms with Crippen LogP contribution in [-0.2, 0) is 16.6 Å². The summed E-state index contributed by atoms with van der Waals surface area (Å²) in [6, 6.07) is 6.97. The summed E-state index contributed by atoms with van der Waals surface area (Å²) in [7, 11) is -3.58. The van der Waals surface area contributed by atoms with E-state index in [4.69, 9.17) is 20.9 Å². The molecule has 15 heteroatoms. The van der Waals surface area contributed by atoms with Crippen LogP contribution in [0.15, 0.2) is 36.8 Å². The topological polar surface area (TPSA) is 181 Å². The van der Waals surface area contributed by atoms with Crippen molar-refractivity contribution in [2.75, 3.05) is 34.7 Å². The van der Waals surface area contributed by atoms with Crippen molar-refractivity contribution < 1.29 is 13.5 Å². The molecule has 0 radical (unpaired) electrons. The fourth-order valence-electron chi connectivity index (χ4n) is 5.49. The molecule has 0 bridgehead atoms. The number of aromatic hydroxyl groups is 1. The van der Waals surface area contributed by atoms with E-state index >= 15 is 0 Å². The molecule has 5 N–H and O–H groups in total. The van der Waals surface area contributed by atoms with Crippen LogP contribution in [0.3, 0.4) is 0 Å². The van der Waals surface area contributed by atoms with Gasteiger partial charge in [-0.3, -0.25) is 4.72 Å². The second-order valence-corrected chi connectivity index (χ2v) is 12.4. The first-order valence-electron chi connectivity index (χ1n) is 13.1. The van der Waals surface area contributed by atoms with Crippen molar-refractivity contribution in [3.8, 4) is 17.0 Å². The van der Waals surface area contributed by atoms with Gasteiger partial charge < -0.3 is 21.1 Å². The van der Waals surface area contributed by atoms with Crippen molar-refractivity contribution in [1.82, 2.24) is 39.7 Å². The lowest BCUT2D eigenvalue weighted by atomic mass is 10.1. The average Bonchev–Trinajstić information content (AvgIpc) is 3.43. The number of benzene rings is 1. The molecule has 41 heavy (non-hydrogen) atoms. The summed E-state index contributed by atoms with van der Waals surface area (Å²) in [5, 5.41) is 24.0. The zero-order valence-electron chi connectivity index (χ0n) is 23.1. The Bertz CT molecular complexity index is 1890. The minimum absolute atomic E-state index is 0.146. The molecule has 5 aromatic rings. The van der Waals surface area contributed by atoms with E-state index in [0.29, 0.717) is 40.2 Å². The van der Waals surface area contributed by atoms with Crippen LogP contribution in [0.1, 0.15) is 25.2 Å². The number of anilines is 3. The molecule has 4 aromatic heterocycles. The molecular weight excluding hydrogens is 546 g/mol. The monoisotopic (exact) mass is 577 g/mol. The van der Waals surface area contributed by atoms with E-state index in [1.165, 1.54) is 18.5 Å². The number of sulfonamides is 1. The minimum atomic E-state index is -3.58. The Balaban J connectivity index is 1.46. The van der Waals surface area contributed by atoms with Crippen molar-refractivity contribution in [1.29, 1.82) is 0 Å². The number of hydrogen-bond acceptors (Lipinski definition) is 11. The SMILES string of the molecule is Cc1ccn2nc(Cn3nc(-c4cc(O)cc(NS(C)(=O)=O)c4)c4c(N)ncnc43)nc(N3C[C@@H](C)N[C@@H](C)C3)c12. The quantitative estimate of drug-likeness (QED) is 0.231. The van der Waals surface area contributed by atoms with Crippen molar-refractivity contribution in [2.45, 2.75) is 39.4 Å². The number of aryl methyl sites for hydroxylation is 1. The maximum atomic E-state index is 11.8. The Morgan fingerprint density at radius 2 is 1.90 bits per heavy atom. The highest BCUT2D eigenvalue weighted by Crippen LogP contribution is 2.34. The Labute approximate surface area is 236 Å². The molecule has 0 amide bonds. The summed E-state index contributed by atoms with van der Waals surface area (Å²) >= 11 is 0. The van der Waals surface area contributed by atoms with Gasteiger partial charge >= 0.3 is 0 Å². The molecule has 5 heterocycles. The van der Waals surface area contributed by atoms with Crippen LogP contribution < -0.4 is 20.7 Å². The number of rotatable bonds is 6. The molecule has 1 aliphatic heterocycles. The number of phenols is 1. The number of aromatic nitrogens is 7. The van der Waals surface area contributed by atoms with Gasteiger partial charge in [0.05, 0.1) is 17.3 Å². The van der Waals surface area contributed by atoms with Crippen molar-refractivity contribution in [3.63, 3.8) is 0 Å². The molecule has 0 spiro atoms. The van der Waals surface area contributed by atoms with Gasteiger partial charge in [-0.25, -0.2) is 32.6 Å². The third kappa shape index (κ3) is 5.20. The number of phenolic OH excluding ortho intramolecular Hbond substituents is 1.